The molecule has 2 rings (SSSR count). The molecule has 96 valence electrons. The fraction of sp³-hybridized carbons (Fsp3) is 0.133. The third kappa shape index (κ3) is 3.34. The molecule has 0 radical (unpaired) electrons. The van der Waals surface area contributed by atoms with E-state index in [1.54, 1.807) is 12.1 Å². The summed E-state index contributed by atoms with van der Waals surface area (Å²) in [6.07, 6.45) is 0. The summed E-state index contributed by atoms with van der Waals surface area (Å²) >= 11 is 1.37. The predicted molar refractivity (Wildman–Crippen MR) is 75.0 cm³/mol. The van der Waals surface area contributed by atoms with Crippen molar-refractivity contribution in [3.05, 3.63) is 66.0 Å². The average Bonchev–Trinajstić information content (AvgIpc) is 2.46. The van der Waals surface area contributed by atoms with Gasteiger partial charge in [-0.1, -0.05) is 36.4 Å². The van der Waals surface area contributed by atoms with Crippen LogP contribution in [-0.2, 0) is 5.54 Å². The molecule has 1 atom stereocenters. The van der Waals surface area contributed by atoms with Crippen LogP contribution in [-0.4, -0.2) is 5.75 Å². The third-order valence-corrected chi connectivity index (χ3v) is 3.94. The highest BCUT2D eigenvalue weighted by Gasteiger charge is 2.27. The molecule has 0 aromatic heterocycles. The number of benzene rings is 2. The summed E-state index contributed by atoms with van der Waals surface area (Å²) in [5, 5.41) is 9.31. The van der Waals surface area contributed by atoms with Crippen molar-refractivity contribution >= 4 is 11.8 Å². The smallest absolute Gasteiger partial charge is 0.139 e. The van der Waals surface area contributed by atoms with Crippen LogP contribution in [0.2, 0.25) is 0 Å². The lowest BCUT2D eigenvalue weighted by Crippen LogP contribution is -2.37. The van der Waals surface area contributed by atoms with E-state index in [2.05, 4.69) is 6.07 Å². The Kier molecular flexibility index (Phi) is 4.20. The third-order valence-electron chi connectivity index (χ3n) is 2.75. The fourth-order valence-corrected chi connectivity index (χ4v) is 2.67. The summed E-state index contributed by atoms with van der Waals surface area (Å²) in [4.78, 5) is 0.765. The zero-order valence-corrected chi connectivity index (χ0v) is 11.0. The zero-order chi connectivity index (χ0) is 13.7. The van der Waals surface area contributed by atoms with Gasteiger partial charge in [0, 0.05) is 10.6 Å². The first-order chi connectivity index (χ1) is 9.14. The number of hydrogen-bond donors (Lipinski definition) is 1. The molecule has 2 aromatic rings. The predicted octanol–water partition coefficient (Wildman–Crippen LogP) is 3.30. The van der Waals surface area contributed by atoms with E-state index in [1.807, 2.05) is 30.3 Å². The van der Waals surface area contributed by atoms with Gasteiger partial charge in [-0.05, 0) is 23.8 Å². The van der Waals surface area contributed by atoms with Crippen LogP contribution >= 0.6 is 11.8 Å². The highest BCUT2D eigenvalue weighted by Crippen LogP contribution is 2.27. The molecule has 1 unspecified atom stereocenters. The molecular formula is C15H13FN2S. The van der Waals surface area contributed by atoms with Crippen LogP contribution in [0, 0.1) is 17.1 Å². The van der Waals surface area contributed by atoms with Crippen molar-refractivity contribution in [2.45, 2.75) is 10.4 Å². The maximum Gasteiger partial charge on any atom is 0.139 e. The second kappa shape index (κ2) is 5.87. The molecule has 19 heavy (non-hydrogen) atoms. The molecule has 0 aliphatic heterocycles. The van der Waals surface area contributed by atoms with Crippen LogP contribution in [0.15, 0.2) is 59.5 Å². The lowest BCUT2D eigenvalue weighted by Gasteiger charge is -2.21. The van der Waals surface area contributed by atoms with Gasteiger partial charge in [-0.25, -0.2) is 4.39 Å². The van der Waals surface area contributed by atoms with Gasteiger partial charge < -0.3 is 5.73 Å². The molecule has 0 amide bonds. The molecule has 2 nitrogen and oxygen atoms in total. The molecular weight excluding hydrogens is 259 g/mol. The second-order valence-electron chi connectivity index (χ2n) is 4.20. The molecule has 0 bridgehead atoms. The molecule has 2 aromatic carbocycles. The molecule has 0 fully saturated rings. The van der Waals surface area contributed by atoms with Gasteiger partial charge in [-0.2, -0.15) is 5.26 Å². The number of nitrogens with two attached hydrogens (primary N) is 1. The van der Waals surface area contributed by atoms with Gasteiger partial charge in [0.1, 0.15) is 11.4 Å². The van der Waals surface area contributed by atoms with Crippen LogP contribution in [0.5, 0.6) is 0 Å². The van der Waals surface area contributed by atoms with Gasteiger partial charge in [0.2, 0.25) is 0 Å². The average molecular weight is 272 g/mol. The maximum absolute atomic E-state index is 13.1. The Balaban J connectivity index is 2.14. The Morgan fingerprint density at radius 2 is 1.89 bits per heavy atom. The number of rotatable bonds is 4. The Labute approximate surface area is 116 Å². The highest BCUT2D eigenvalue weighted by molar-refractivity contribution is 7.99. The summed E-state index contributed by atoms with van der Waals surface area (Å²) in [5.41, 5.74) is 5.82. The lowest BCUT2D eigenvalue weighted by atomic mass is 9.95. The fourth-order valence-electron chi connectivity index (χ4n) is 1.67. The molecule has 0 aliphatic carbocycles. The van der Waals surface area contributed by atoms with E-state index >= 15 is 0 Å². The number of nitrogens with zero attached hydrogens (tertiary/aromatic N) is 1. The van der Waals surface area contributed by atoms with Gasteiger partial charge in [-0.15, -0.1) is 11.8 Å². The van der Waals surface area contributed by atoms with Crippen molar-refractivity contribution in [2.24, 2.45) is 5.73 Å². The minimum absolute atomic E-state index is 0.288. The number of thioether (sulfide) groups is 1. The molecule has 0 heterocycles. The molecule has 0 saturated carbocycles. The molecule has 0 aliphatic rings. The van der Waals surface area contributed by atoms with Crippen LogP contribution in [0.25, 0.3) is 0 Å². The summed E-state index contributed by atoms with van der Waals surface area (Å²) in [6, 6.07) is 17.6. The minimum atomic E-state index is -1.07. The van der Waals surface area contributed by atoms with Crippen molar-refractivity contribution in [1.29, 1.82) is 5.26 Å². The van der Waals surface area contributed by atoms with Crippen LogP contribution < -0.4 is 5.73 Å². The van der Waals surface area contributed by atoms with E-state index in [4.69, 9.17) is 5.73 Å². The molecule has 0 spiro atoms. The zero-order valence-electron chi connectivity index (χ0n) is 10.2. The monoisotopic (exact) mass is 272 g/mol. The van der Waals surface area contributed by atoms with E-state index in [0.29, 0.717) is 5.75 Å². The Morgan fingerprint density at radius 3 is 2.53 bits per heavy atom. The quantitative estimate of drug-likeness (QED) is 0.869. The first-order valence-corrected chi connectivity index (χ1v) is 6.77. The maximum atomic E-state index is 13.1. The van der Waals surface area contributed by atoms with Crippen molar-refractivity contribution in [3.63, 3.8) is 0 Å². The number of hydrogen-bond acceptors (Lipinski definition) is 3. The normalized spacial score (nSPS) is 13.5. The summed E-state index contributed by atoms with van der Waals surface area (Å²) < 4.78 is 13.1. The van der Waals surface area contributed by atoms with Gasteiger partial charge in [0.25, 0.3) is 0 Å². The lowest BCUT2D eigenvalue weighted by molar-refractivity contribution is 0.624. The van der Waals surface area contributed by atoms with E-state index in [0.717, 1.165) is 10.5 Å². The second-order valence-corrected chi connectivity index (χ2v) is 5.24. The van der Waals surface area contributed by atoms with Gasteiger partial charge in [0.05, 0.1) is 6.07 Å². The van der Waals surface area contributed by atoms with Crippen molar-refractivity contribution in [2.75, 3.05) is 5.75 Å². The standard InChI is InChI=1S/C15H13FN2S/c16-13-7-4-8-14(9-13)19-11-15(18,10-17)12-5-2-1-3-6-12/h1-9H,11,18H2. The first-order valence-electron chi connectivity index (χ1n) is 5.78. The first kappa shape index (κ1) is 13.6. The minimum Gasteiger partial charge on any atom is -0.309 e. The van der Waals surface area contributed by atoms with E-state index in [1.165, 1.54) is 23.9 Å². The Morgan fingerprint density at radius 1 is 1.16 bits per heavy atom. The van der Waals surface area contributed by atoms with E-state index in [-0.39, 0.29) is 5.82 Å². The Bertz CT molecular complexity index is 595. The van der Waals surface area contributed by atoms with Crippen molar-refractivity contribution < 1.29 is 4.39 Å². The SMILES string of the molecule is N#CC(N)(CSc1cccc(F)c1)c1ccccc1. The van der Waals surface area contributed by atoms with E-state index in [9.17, 15) is 9.65 Å². The number of nitriles is 1. The van der Waals surface area contributed by atoms with Gasteiger partial charge in [-0.3, -0.25) is 0 Å². The van der Waals surface area contributed by atoms with Crippen LogP contribution in [0.1, 0.15) is 5.56 Å². The summed E-state index contributed by atoms with van der Waals surface area (Å²) in [7, 11) is 0. The van der Waals surface area contributed by atoms with Crippen LogP contribution in [0.4, 0.5) is 4.39 Å². The molecule has 0 saturated heterocycles. The van der Waals surface area contributed by atoms with Gasteiger partial charge in [0.15, 0.2) is 0 Å². The van der Waals surface area contributed by atoms with Crippen molar-refractivity contribution in [1.82, 2.24) is 0 Å². The summed E-state index contributed by atoms with van der Waals surface area (Å²) in [5.74, 6) is 0.0843. The largest absolute Gasteiger partial charge is 0.309 e. The Hall–Kier alpha value is -1.83. The van der Waals surface area contributed by atoms with Gasteiger partial charge >= 0.3 is 0 Å². The highest BCUT2D eigenvalue weighted by atomic mass is 32.2. The van der Waals surface area contributed by atoms with Crippen molar-refractivity contribution in [3.8, 4) is 6.07 Å². The number of halogens is 1. The summed E-state index contributed by atoms with van der Waals surface area (Å²) in [6.45, 7) is 0. The van der Waals surface area contributed by atoms with E-state index < -0.39 is 5.54 Å². The topological polar surface area (TPSA) is 49.8 Å². The van der Waals surface area contributed by atoms with Crippen LogP contribution in [0.3, 0.4) is 0 Å². The molecule has 2 N–H and O–H groups in total. The molecule has 4 heteroatoms.